The van der Waals surface area contributed by atoms with Crippen molar-refractivity contribution in [2.45, 2.75) is 0 Å². The lowest BCUT2D eigenvalue weighted by molar-refractivity contribution is 0.309. The van der Waals surface area contributed by atoms with Crippen molar-refractivity contribution in [1.29, 1.82) is 0 Å². The fourth-order valence-corrected chi connectivity index (χ4v) is 3.05. The van der Waals surface area contributed by atoms with E-state index < -0.39 is 116 Å². The maximum atomic E-state index is 15.2. The van der Waals surface area contributed by atoms with Crippen molar-refractivity contribution in [3.05, 3.63) is 106 Å². The third-order valence-electron chi connectivity index (χ3n) is 4.94. The van der Waals surface area contributed by atoms with Gasteiger partial charge in [0.2, 0.25) is 69.5 Å². The topological polar surface area (TPSA) is 27.7 Å². The van der Waals surface area contributed by atoms with Gasteiger partial charge >= 0.3 is 0 Å². The van der Waals surface area contributed by atoms with E-state index in [-0.39, 0.29) is 24.3 Å². The van der Waals surface area contributed by atoms with Crippen LogP contribution in [-0.4, -0.2) is 0 Å². The molecule has 0 radical (unpaired) electrons. The number of hydrogen-bond acceptors (Lipinski definition) is 3. The van der Waals surface area contributed by atoms with E-state index in [0.29, 0.717) is 0 Å². The summed E-state index contributed by atoms with van der Waals surface area (Å²) in [5.41, 5.74) is 0. The van der Waals surface area contributed by atoms with Crippen molar-refractivity contribution >= 4 is 0 Å². The molecule has 0 atom stereocenters. The SMILES string of the molecule is Fc1cc(F)c(F)c(Oc2cc(Oc3c(F)c(F)cc(F)c3F)c(F)c(Oc3c(F)c(F)cc(F)c3F)c2F)c1F. The Balaban J connectivity index is 1.98. The number of ether oxygens (including phenoxy) is 3. The summed E-state index contributed by atoms with van der Waals surface area (Å²) in [7, 11) is 0. The Bertz CT molecular complexity index is 1560. The summed E-state index contributed by atoms with van der Waals surface area (Å²) in [6.07, 6.45) is 0. The fraction of sp³-hybridized carbons (Fsp3) is 0. The van der Waals surface area contributed by atoms with Gasteiger partial charge in [-0.2, -0.15) is 35.1 Å². The molecule has 0 unspecified atom stereocenters. The van der Waals surface area contributed by atoms with E-state index in [9.17, 15) is 52.7 Å². The molecule has 0 spiro atoms. The second kappa shape index (κ2) is 10.7. The van der Waals surface area contributed by atoms with Crippen molar-refractivity contribution in [1.82, 2.24) is 0 Å². The van der Waals surface area contributed by atoms with E-state index in [1.807, 2.05) is 0 Å². The largest absolute Gasteiger partial charge is 0.448 e. The minimum Gasteiger partial charge on any atom is -0.448 e. The Kier molecular flexibility index (Phi) is 7.64. The molecule has 0 aliphatic carbocycles. The van der Waals surface area contributed by atoms with Gasteiger partial charge in [0, 0.05) is 24.3 Å². The minimum absolute atomic E-state index is 0.209. The quantitative estimate of drug-likeness (QED) is 0.162. The van der Waals surface area contributed by atoms with Gasteiger partial charge in [-0.05, 0) is 0 Å². The van der Waals surface area contributed by atoms with Crippen LogP contribution in [0.5, 0.6) is 34.5 Å². The molecule has 41 heavy (non-hydrogen) atoms. The standard InChI is InChI=1S/C24H4F14O3/c25-5-1-6(26)14(32)21(13(5)31)39-11-4-12(40-22-15(33)7(27)2-8(28)16(22)34)20(38)24(19(11)37)41-23-17(35)9(29)3-10(30)18(23)36/h1-4H. The van der Waals surface area contributed by atoms with Gasteiger partial charge in [0.15, 0.2) is 46.4 Å². The third kappa shape index (κ3) is 5.14. The van der Waals surface area contributed by atoms with Crippen LogP contribution in [0.4, 0.5) is 61.5 Å². The molecule has 0 saturated heterocycles. The molecule has 0 aromatic heterocycles. The van der Waals surface area contributed by atoms with E-state index in [2.05, 4.69) is 14.2 Å². The van der Waals surface area contributed by atoms with Crippen LogP contribution in [0.25, 0.3) is 0 Å². The predicted molar refractivity (Wildman–Crippen MR) is 105 cm³/mol. The summed E-state index contributed by atoms with van der Waals surface area (Å²) in [5, 5.41) is 0. The predicted octanol–water partition coefficient (Wildman–Crippen LogP) is 9.01. The van der Waals surface area contributed by atoms with Gasteiger partial charge in [-0.15, -0.1) is 0 Å². The molecule has 0 heterocycles. The van der Waals surface area contributed by atoms with Gasteiger partial charge < -0.3 is 14.2 Å². The van der Waals surface area contributed by atoms with Crippen LogP contribution >= 0.6 is 0 Å². The lowest BCUT2D eigenvalue weighted by Crippen LogP contribution is -2.06. The van der Waals surface area contributed by atoms with E-state index in [1.54, 1.807) is 0 Å². The average Bonchev–Trinajstić information content (AvgIpc) is 2.91. The summed E-state index contributed by atoms with van der Waals surface area (Å²) < 4.78 is 209. The fourth-order valence-electron chi connectivity index (χ4n) is 3.05. The van der Waals surface area contributed by atoms with Gasteiger partial charge in [0.05, 0.1) is 0 Å². The monoisotopic (exact) mass is 606 g/mol. The molecule has 0 saturated carbocycles. The normalized spacial score (nSPS) is 11.2. The van der Waals surface area contributed by atoms with Crippen LogP contribution in [0.1, 0.15) is 0 Å². The minimum atomic E-state index is -2.42. The zero-order valence-electron chi connectivity index (χ0n) is 18.8. The molecule has 0 amide bonds. The first-order valence-electron chi connectivity index (χ1n) is 10.2. The van der Waals surface area contributed by atoms with Gasteiger partial charge in [-0.25, -0.2) is 26.3 Å². The Hall–Kier alpha value is -4.70. The highest BCUT2D eigenvalue weighted by Gasteiger charge is 2.31. The molecular formula is C24H4F14O3. The zero-order chi connectivity index (χ0) is 30.5. The smallest absolute Gasteiger partial charge is 0.211 e. The van der Waals surface area contributed by atoms with Crippen molar-refractivity contribution in [2.75, 3.05) is 0 Å². The van der Waals surface area contributed by atoms with Crippen LogP contribution in [0.2, 0.25) is 0 Å². The summed E-state index contributed by atoms with van der Waals surface area (Å²) >= 11 is 0. The Labute approximate surface area is 216 Å². The summed E-state index contributed by atoms with van der Waals surface area (Å²) in [6.45, 7) is 0. The first kappa shape index (κ1) is 29.3. The zero-order valence-corrected chi connectivity index (χ0v) is 18.8. The van der Waals surface area contributed by atoms with Crippen LogP contribution in [-0.2, 0) is 0 Å². The second-order valence-electron chi connectivity index (χ2n) is 7.53. The highest BCUT2D eigenvalue weighted by molar-refractivity contribution is 5.51. The Morgan fingerprint density at radius 2 is 0.488 bits per heavy atom. The van der Waals surface area contributed by atoms with Crippen molar-refractivity contribution in [3.63, 3.8) is 0 Å². The summed E-state index contributed by atoms with van der Waals surface area (Å²) in [5.74, 6) is -44.2. The second-order valence-corrected chi connectivity index (χ2v) is 7.53. The number of rotatable bonds is 6. The van der Waals surface area contributed by atoms with Crippen LogP contribution in [0.3, 0.4) is 0 Å². The molecule has 3 nitrogen and oxygen atoms in total. The number of halogens is 14. The number of benzene rings is 4. The molecular weight excluding hydrogens is 602 g/mol. The molecule has 4 aromatic rings. The average molecular weight is 606 g/mol. The van der Waals surface area contributed by atoms with E-state index in [1.165, 1.54) is 0 Å². The number of hydrogen-bond donors (Lipinski definition) is 0. The maximum Gasteiger partial charge on any atom is 0.211 e. The summed E-state index contributed by atoms with van der Waals surface area (Å²) in [6, 6.07) is -1.21. The molecule has 0 aliphatic rings. The van der Waals surface area contributed by atoms with Gasteiger partial charge in [-0.1, -0.05) is 0 Å². The molecule has 17 heteroatoms. The highest BCUT2D eigenvalue weighted by atomic mass is 19.2. The maximum absolute atomic E-state index is 15.2. The Morgan fingerprint density at radius 1 is 0.268 bits per heavy atom. The van der Waals surface area contributed by atoms with E-state index in [4.69, 9.17) is 0 Å². The van der Waals surface area contributed by atoms with Gasteiger partial charge in [0.25, 0.3) is 0 Å². The molecule has 0 N–H and O–H groups in total. The highest BCUT2D eigenvalue weighted by Crippen LogP contribution is 2.45. The lowest BCUT2D eigenvalue weighted by Gasteiger charge is -2.17. The molecule has 216 valence electrons. The van der Waals surface area contributed by atoms with Crippen LogP contribution < -0.4 is 14.2 Å². The van der Waals surface area contributed by atoms with Crippen LogP contribution in [0, 0.1) is 81.4 Å². The third-order valence-corrected chi connectivity index (χ3v) is 4.94. The van der Waals surface area contributed by atoms with Crippen LogP contribution in [0.15, 0.2) is 24.3 Å². The van der Waals surface area contributed by atoms with E-state index in [0.717, 1.165) is 0 Å². The van der Waals surface area contributed by atoms with E-state index >= 15 is 8.78 Å². The lowest BCUT2D eigenvalue weighted by atomic mass is 10.2. The van der Waals surface area contributed by atoms with Gasteiger partial charge in [0.1, 0.15) is 0 Å². The summed E-state index contributed by atoms with van der Waals surface area (Å²) in [4.78, 5) is 0. The van der Waals surface area contributed by atoms with Crippen molar-refractivity contribution in [3.8, 4) is 34.5 Å². The Morgan fingerprint density at radius 3 is 0.756 bits per heavy atom. The molecule has 4 rings (SSSR count). The van der Waals surface area contributed by atoms with Crippen molar-refractivity contribution in [2.24, 2.45) is 0 Å². The molecule has 4 aromatic carbocycles. The first-order chi connectivity index (χ1) is 19.1. The first-order valence-corrected chi connectivity index (χ1v) is 10.2. The van der Waals surface area contributed by atoms with Crippen molar-refractivity contribution < 1.29 is 75.7 Å². The van der Waals surface area contributed by atoms with Gasteiger partial charge in [-0.3, -0.25) is 0 Å². The molecule has 0 bridgehead atoms. The molecule has 0 aliphatic heterocycles. The molecule has 0 fully saturated rings.